The predicted octanol–water partition coefficient (Wildman–Crippen LogP) is 4.42. The number of para-hydroxylation sites is 1. The molecule has 5 nitrogen and oxygen atoms in total. The number of nitrogens with one attached hydrogen (secondary N) is 3. The van der Waals surface area contributed by atoms with Gasteiger partial charge >= 0.3 is 0 Å². The van der Waals surface area contributed by atoms with Crippen LogP contribution in [0.4, 0.5) is 5.69 Å². The Kier molecular flexibility index (Phi) is 6.93. The van der Waals surface area contributed by atoms with Crippen LogP contribution in [-0.2, 0) is 6.42 Å². The maximum atomic E-state index is 12.8. The minimum Gasteiger partial charge on any atom is -0.331 e. The van der Waals surface area contributed by atoms with Gasteiger partial charge in [0.2, 0.25) is 0 Å². The molecule has 3 N–H and O–H groups in total. The number of benzene rings is 3. The molecule has 0 fully saturated rings. The highest BCUT2D eigenvalue weighted by molar-refractivity contribution is 7.80. The average Bonchev–Trinajstić information content (AvgIpc) is 2.79. The summed E-state index contributed by atoms with van der Waals surface area (Å²) in [6.45, 7) is 4.06. The molecule has 0 heterocycles. The maximum Gasteiger partial charge on any atom is 0.270 e. The lowest BCUT2D eigenvalue weighted by Crippen LogP contribution is -2.44. The molecule has 3 aromatic carbocycles. The molecule has 0 aliphatic rings. The minimum absolute atomic E-state index is 0.213. The molecule has 0 spiro atoms. The molecular weight excluding hydrogens is 394 g/mol. The van der Waals surface area contributed by atoms with E-state index in [1.807, 2.05) is 31.2 Å². The highest BCUT2D eigenvalue weighted by Gasteiger charge is 2.18. The number of carbonyl (C=O) groups excluding carboxylic acids is 2. The predicted molar refractivity (Wildman–Crippen MR) is 124 cm³/mol. The number of carbonyl (C=O) groups is 2. The van der Waals surface area contributed by atoms with Gasteiger partial charge in [-0.2, -0.15) is 0 Å². The Morgan fingerprint density at radius 1 is 0.833 bits per heavy atom. The summed E-state index contributed by atoms with van der Waals surface area (Å²) in [5.41, 5.74) is 9.53. The first-order valence-electron chi connectivity index (χ1n) is 9.66. The number of ketones is 1. The van der Waals surface area contributed by atoms with Gasteiger partial charge in [0, 0.05) is 16.8 Å². The van der Waals surface area contributed by atoms with Crippen molar-refractivity contribution >= 4 is 34.7 Å². The summed E-state index contributed by atoms with van der Waals surface area (Å²) < 4.78 is 0. The van der Waals surface area contributed by atoms with E-state index in [-0.39, 0.29) is 16.5 Å². The third-order valence-corrected chi connectivity index (χ3v) is 4.92. The molecule has 0 unspecified atom stereocenters. The van der Waals surface area contributed by atoms with E-state index >= 15 is 0 Å². The van der Waals surface area contributed by atoms with E-state index < -0.39 is 5.91 Å². The van der Waals surface area contributed by atoms with Crippen LogP contribution in [0.1, 0.15) is 44.3 Å². The van der Waals surface area contributed by atoms with Crippen molar-refractivity contribution in [3.05, 3.63) is 101 Å². The fourth-order valence-corrected chi connectivity index (χ4v) is 3.30. The van der Waals surface area contributed by atoms with Gasteiger partial charge in [-0.25, -0.2) is 0 Å². The number of hydrogen-bond acceptors (Lipinski definition) is 3. The topological polar surface area (TPSA) is 70.2 Å². The Hall–Kier alpha value is -3.51. The zero-order chi connectivity index (χ0) is 21.5. The molecule has 0 saturated heterocycles. The smallest absolute Gasteiger partial charge is 0.270 e. The van der Waals surface area contributed by atoms with Crippen LogP contribution in [0.3, 0.4) is 0 Å². The second kappa shape index (κ2) is 9.80. The van der Waals surface area contributed by atoms with Crippen LogP contribution >= 0.6 is 12.2 Å². The van der Waals surface area contributed by atoms with Gasteiger partial charge in [-0.1, -0.05) is 73.7 Å². The van der Waals surface area contributed by atoms with Gasteiger partial charge in [0.15, 0.2) is 10.9 Å². The zero-order valence-electron chi connectivity index (χ0n) is 16.9. The number of anilines is 1. The highest BCUT2D eigenvalue weighted by atomic mass is 32.1. The van der Waals surface area contributed by atoms with Gasteiger partial charge in [0.05, 0.1) is 5.56 Å². The molecular formula is C24H23N3O2S. The van der Waals surface area contributed by atoms with E-state index in [0.29, 0.717) is 11.1 Å². The summed E-state index contributed by atoms with van der Waals surface area (Å²) >= 11 is 5.33. The van der Waals surface area contributed by atoms with Crippen LogP contribution in [0, 0.1) is 6.92 Å². The van der Waals surface area contributed by atoms with Gasteiger partial charge < -0.3 is 5.32 Å². The Morgan fingerprint density at radius 3 is 2.20 bits per heavy atom. The van der Waals surface area contributed by atoms with Gasteiger partial charge in [0.25, 0.3) is 5.91 Å². The fraction of sp³-hybridized carbons (Fsp3) is 0.125. The SMILES string of the molecule is CCc1cccc(C)c1NC(=S)NNC(=O)c1ccccc1C(=O)c1ccccc1. The quantitative estimate of drug-likeness (QED) is 0.326. The summed E-state index contributed by atoms with van der Waals surface area (Å²) in [6.07, 6.45) is 0.855. The number of aryl methyl sites for hydroxylation is 2. The van der Waals surface area contributed by atoms with Gasteiger partial charge in [-0.3, -0.25) is 20.4 Å². The minimum atomic E-state index is -0.445. The summed E-state index contributed by atoms with van der Waals surface area (Å²) in [4.78, 5) is 25.6. The summed E-state index contributed by atoms with van der Waals surface area (Å²) in [6, 6.07) is 21.6. The van der Waals surface area contributed by atoms with Crippen molar-refractivity contribution in [2.75, 3.05) is 5.32 Å². The van der Waals surface area contributed by atoms with Crippen LogP contribution in [0.5, 0.6) is 0 Å². The summed E-state index contributed by atoms with van der Waals surface area (Å²) in [7, 11) is 0. The first-order valence-corrected chi connectivity index (χ1v) is 10.1. The van der Waals surface area contributed by atoms with Gasteiger partial charge in [-0.05, 0) is 42.8 Å². The van der Waals surface area contributed by atoms with Crippen molar-refractivity contribution in [3.63, 3.8) is 0 Å². The number of hydrogen-bond donors (Lipinski definition) is 3. The van der Waals surface area contributed by atoms with Crippen molar-refractivity contribution in [2.24, 2.45) is 0 Å². The molecule has 0 atom stereocenters. The Bertz CT molecular complexity index is 1080. The Balaban J connectivity index is 1.70. The highest BCUT2D eigenvalue weighted by Crippen LogP contribution is 2.21. The number of thiocarbonyl (C=S) groups is 1. The molecule has 0 saturated carbocycles. The molecule has 3 aromatic rings. The molecule has 1 amide bonds. The third kappa shape index (κ3) is 4.90. The second-order valence-corrected chi connectivity index (χ2v) is 7.14. The lowest BCUT2D eigenvalue weighted by atomic mass is 9.98. The van der Waals surface area contributed by atoms with Crippen molar-refractivity contribution in [1.29, 1.82) is 0 Å². The lowest BCUT2D eigenvalue weighted by molar-refractivity contribution is 0.0933. The molecule has 0 bridgehead atoms. The second-order valence-electron chi connectivity index (χ2n) is 6.74. The van der Waals surface area contributed by atoms with E-state index in [0.717, 1.165) is 23.2 Å². The fourth-order valence-electron chi connectivity index (χ4n) is 3.15. The number of amides is 1. The van der Waals surface area contributed by atoms with Crippen molar-refractivity contribution < 1.29 is 9.59 Å². The standard InChI is InChI=1S/C24H23N3O2S/c1-3-17-13-9-10-16(2)21(17)25-24(30)27-26-23(29)20-15-8-7-14-19(20)22(28)18-11-5-4-6-12-18/h4-15H,3H2,1-2H3,(H,26,29)(H2,25,27,30). The van der Waals surface area contributed by atoms with E-state index in [9.17, 15) is 9.59 Å². The van der Waals surface area contributed by atoms with Crippen LogP contribution in [0.2, 0.25) is 0 Å². The lowest BCUT2D eigenvalue weighted by Gasteiger charge is -2.16. The molecule has 0 aromatic heterocycles. The van der Waals surface area contributed by atoms with Gasteiger partial charge in [-0.15, -0.1) is 0 Å². The molecule has 0 radical (unpaired) electrons. The number of rotatable bonds is 5. The van der Waals surface area contributed by atoms with E-state index in [4.69, 9.17) is 12.2 Å². The van der Waals surface area contributed by atoms with E-state index in [1.165, 1.54) is 0 Å². The molecule has 152 valence electrons. The van der Waals surface area contributed by atoms with E-state index in [1.54, 1.807) is 48.5 Å². The summed E-state index contributed by atoms with van der Waals surface area (Å²) in [5, 5.41) is 3.40. The monoisotopic (exact) mass is 417 g/mol. The van der Waals surface area contributed by atoms with Crippen molar-refractivity contribution in [3.8, 4) is 0 Å². The third-order valence-electron chi connectivity index (χ3n) is 4.72. The van der Waals surface area contributed by atoms with Crippen LogP contribution < -0.4 is 16.2 Å². The molecule has 0 aliphatic heterocycles. The van der Waals surface area contributed by atoms with Crippen LogP contribution in [0.25, 0.3) is 0 Å². The van der Waals surface area contributed by atoms with Crippen LogP contribution in [-0.4, -0.2) is 16.8 Å². The zero-order valence-corrected chi connectivity index (χ0v) is 17.7. The Morgan fingerprint density at radius 2 is 1.50 bits per heavy atom. The average molecular weight is 418 g/mol. The number of hydrazine groups is 1. The largest absolute Gasteiger partial charge is 0.331 e. The maximum absolute atomic E-state index is 12.8. The normalized spacial score (nSPS) is 10.2. The summed E-state index contributed by atoms with van der Waals surface area (Å²) in [5.74, 6) is -0.658. The Labute approximate surface area is 181 Å². The first kappa shape index (κ1) is 21.2. The molecule has 30 heavy (non-hydrogen) atoms. The van der Waals surface area contributed by atoms with Gasteiger partial charge in [0.1, 0.15) is 0 Å². The van der Waals surface area contributed by atoms with Crippen molar-refractivity contribution in [2.45, 2.75) is 20.3 Å². The first-order chi connectivity index (χ1) is 14.5. The van der Waals surface area contributed by atoms with E-state index in [2.05, 4.69) is 23.1 Å². The van der Waals surface area contributed by atoms with Crippen LogP contribution in [0.15, 0.2) is 72.8 Å². The van der Waals surface area contributed by atoms with Crippen molar-refractivity contribution in [1.82, 2.24) is 10.9 Å². The molecule has 3 rings (SSSR count). The molecule has 6 heteroatoms. The molecule has 0 aliphatic carbocycles.